The van der Waals surface area contributed by atoms with Gasteiger partial charge in [0.2, 0.25) is 5.91 Å². The summed E-state index contributed by atoms with van der Waals surface area (Å²) in [6.07, 6.45) is 1.87. The van der Waals surface area contributed by atoms with E-state index in [-0.39, 0.29) is 31.0 Å². The number of amides is 2. The number of nitrogens with zero attached hydrogens (tertiary/aromatic N) is 1. The van der Waals surface area contributed by atoms with E-state index in [2.05, 4.69) is 17.4 Å². The van der Waals surface area contributed by atoms with Crippen LogP contribution in [-0.2, 0) is 4.79 Å². The monoisotopic (exact) mass is 410 g/mol. The number of β-amino-alcohol motifs (C(OH)–C–C–N with tert-alkyl or cyclic N) is 1. The van der Waals surface area contributed by atoms with Gasteiger partial charge in [-0.1, -0.05) is 66.7 Å². The molecule has 0 unspecified atom stereocenters. The van der Waals surface area contributed by atoms with Gasteiger partial charge in [-0.2, -0.15) is 0 Å². The third-order valence-corrected chi connectivity index (χ3v) is 5.95. The first-order valence-corrected chi connectivity index (χ1v) is 10.4. The smallest absolute Gasteiger partial charge is 0.252 e. The van der Waals surface area contributed by atoms with Crippen molar-refractivity contribution in [3.63, 3.8) is 0 Å². The molecule has 0 saturated heterocycles. The van der Waals surface area contributed by atoms with Crippen molar-refractivity contribution >= 4 is 17.4 Å². The van der Waals surface area contributed by atoms with Gasteiger partial charge in [-0.3, -0.25) is 9.59 Å². The van der Waals surface area contributed by atoms with Crippen molar-refractivity contribution in [1.82, 2.24) is 10.2 Å². The SMILES string of the molecule is O=C(N[C@H]1C=C2c3ccccc3-c3ccccc3[C@H]2N(CCO)C1=O)c1ccccc1. The van der Waals surface area contributed by atoms with E-state index in [0.29, 0.717) is 5.56 Å². The number of carbonyl (C=O) groups is 2. The Balaban J connectivity index is 1.62. The summed E-state index contributed by atoms with van der Waals surface area (Å²) in [6.45, 7) is 0.0355. The zero-order valence-electron chi connectivity index (χ0n) is 16.9. The number of aliphatic hydroxyl groups is 1. The summed E-state index contributed by atoms with van der Waals surface area (Å²) in [5.74, 6) is -0.524. The van der Waals surface area contributed by atoms with E-state index in [4.69, 9.17) is 0 Å². The lowest BCUT2D eigenvalue weighted by atomic mass is 9.76. The molecule has 1 heterocycles. The predicted molar refractivity (Wildman–Crippen MR) is 119 cm³/mol. The summed E-state index contributed by atoms with van der Waals surface area (Å²) < 4.78 is 0. The highest BCUT2D eigenvalue weighted by Gasteiger charge is 2.41. The minimum Gasteiger partial charge on any atom is -0.395 e. The van der Waals surface area contributed by atoms with Gasteiger partial charge in [0.15, 0.2) is 0 Å². The molecule has 0 spiro atoms. The molecule has 5 nitrogen and oxygen atoms in total. The van der Waals surface area contributed by atoms with E-state index in [1.165, 1.54) is 0 Å². The van der Waals surface area contributed by atoms with Gasteiger partial charge in [0.05, 0.1) is 12.6 Å². The highest BCUT2D eigenvalue weighted by Crippen LogP contribution is 2.49. The van der Waals surface area contributed by atoms with Crippen molar-refractivity contribution in [3.05, 3.63) is 102 Å². The van der Waals surface area contributed by atoms with Crippen LogP contribution in [0.5, 0.6) is 0 Å². The Labute approximate surface area is 180 Å². The first-order chi connectivity index (χ1) is 15.2. The summed E-state index contributed by atoms with van der Waals surface area (Å²) in [5, 5.41) is 12.6. The minimum atomic E-state index is -0.802. The second-order valence-corrected chi connectivity index (χ2v) is 7.73. The summed E-state index contributed by atoms with van der Waals surface area (Å²) in [7, 11) is 0. The van der Waals surface area contributed by atoms with Crippen LogP contribution < -0.4 is 5.32 Å². The Morgan fingerprint density at radius 3 is 2.26 bits per heavy atom. The Morgan fingerprint density at radius 2 is 1.52 bits per heavy atom. The topological polar surface area (TPSA) is 69.6 Å². The van der Waals surface area contributed by atoms with Crippen LogP contribution in [0.3, 0.4) is 0 Å². The molecule has 31 heavy (non-hydrogen) atoms. The van der Waals surface area contributed by atoms with Gasteiger partial charge >= 0.3 is 0 Å². The molecule has 2 aliphatic rings. The zero-order chi connectivity index (χ0) is 21.4. The number of nitrogens with one attached hydrogen (secondary N) is 1. The number of aliphatic hydroxyl groups excluding tert-OH is 1. The van der Waals surface area contributed by atoms with E-state index in [1.807, 2.05) is 48.5 Å². The molecule has 2 atom stereocenters. The van der Waals surface area contributed by atoms with Crippen LogP contribution in [0, 0.1) is 0 Å². The maximum absolute atomic E-state index is 13.4. The minimum absolute atomic E-state index is 0.154. The molecule has 0 saturated carbocycles. The van der Waals surface area contributed by atoms with Gasteiger partial charge < -0.3 is 15.3 Å². The van der Waals surface area contributed by atoms with E-state index in [1.54, 1.807) is 29.2 Å². The van der Waals surface area contributed by atoms with Gasteiger partial charge in [-0.15, -0.1) is 0 Å². The predicted octanol–water partition coefficient (Wildman–Crippen LogP) is 3.42. The number of carbonyl (C=O) groups excluding carboxylic acids is 2. The quantitative estimate of drug-likeness (QED) is 0.692. The zero-order valence-corrected chi connectivity index (χ0v) is 16.9. The second-order valence-electron chi connectivity index (χ2n) is 7.73. The van der Waals surface area contributed by atoms with E-state index >= 15 is 0 Å². The molecule has 5 rings (SSSR count). The molecule has 0 aromatic heterocycles. The summed E-state index contributed by atoms with van der Waals surface area (Å²) >= 11 is 0. The molecule has 5 heteroatoms. The number of hydrogen-bond donors (Lipinski definition) is 2. The lowest BCUT2D eigenvalue weighted by Crippen LogP contribution is -2.53. The van der Waals surface area contributed by atoms with Crippen molar-refractivity contribution in [2.75, 3.05) is 13.2 Å². The molecule has 3 aromatic carbocycles. The molecular formula is C26H22N2O3. The second kappa shape index (κ2) is 7.85. The fourth-order valence-electron chi connectivity index (χ4n) is 4.60. The van der Waals surface area contributed by atoms with Crippen LogP contribution in [0.25, 0.3) is 16.7 Å². The third-order valence-electron chi connectivity index (χ3n) is 5.95. The Hall–Kier alpha value is -3.70. The van der Waals surface area contributed by atoms with Crippen LogP contribution in [-0.4, -0.2) is 41.0 Å². The highest BCUT2D eigenvalue weighted by molar-refractivity contribution is 6.02. The summed E-state index contributed by atoms with van der Waals surface area (Å²) in [5.41, 5.74) is 5.73. The average molecular weight is 410 g/mol. The molecule has 1 aliphatic carbocycles. The van der Waals surface area contributed by atoms with E-state index in [0.717, 1.165) is 27.8 Å². The fourth-order valence-corrected chi connectivity index (χ4v) is 4.60. The molecular weight excluding hydrogens is 388 g/mol. The van der Waals surface area contributed by atoms with Gasteiger partial charge in [0.1, 0.15) is 6.04 Å². The van der Waals surface area contributed by atoms with Gasteiger partial charge in [-0.05, 0) is 46.0 Å². The van der Waals surface area contributed by atoms with Gasteiger partial charge in [0.25, 0.3) is 5.91 Å². The first kappa shape index (κ1) is 19.3. The largest absolute Gasteiger partial charge is 0.395 e. The molecule has 154 valence electrons. The first-order valence-electron chi connectivity index (χ1n) is 10.4. The van der Waals surface area contributed by atoms with Crippen LogP contribution in [0.15, 0.2) is 84.9 Å². The summed E-state index contributed by atoms with van der Waals surface area (Å²) in [6, 6.07) is 23.9. The highest BCUT2D eigenvalue weighted by atomic mass is 16.3. The average Bonchev–Trinajstić information content (AvgIpc) is 2.82. The fraction of sp³-hybridized carbons (Fsp3) is 0.154. The molecule has 0 bridgehead atoms. The maximum Gasteiger partial charge on any atom is 0.252 e. The molecule has 2 amide bonds. The lowest BCUT2D eigenvalue weighted by molar-refractivity contribution is -0.134. The van der Waals surface area contributed by atoms with Gasteiger partial charge in [-0.25, -0.2) is 0 Å². The number of fused-ring (bicyclic) bond motifs is 6. The van der Waals surface area contributed by atoms with Crippen molar-refractivity contribution in [3.8, 4) is 11.1 Å². The Bertz CT molecular complexity index is 1190. The van der Waals surface area contributed by atoms with E-state index in [9.17, 15) is 14.7 Å². The molecule has 1 aliphatic heterocycles. The van der Waals surface area contributed by atoms with Crippen LogP contribution in [0.4, 0.5) is 0 Å². The normalized spacial score (nSPS) is 19.1. The Morgan fingerprint density at radius 1 is 0.871 bits per heavy atom. The van der Waals surface area contributed by atoms with Crippen LogP contribution >= 0.6 is 0 Å². The van der Waals surface area contributed by atoms with Crippen molar-refractivity contribution < 1.29 is 14.7 Å². The standard InChI is InChI=1S/C26H22N2O3/c29-15-14-28-24-21-13-7-6-11-19(21)18-10-4-5-12-20(18)22(24)16-23(26(28)31)27-25(30)17-8-2-1-3-9-17/h1-13,16,23-24,29H,14-15H2,(H,27,30)/t23-,24+/m0/s1. The molecule has 0 fully saturated rings. The van der Waals surface area contributed by atoms with Crippen LogP contribution in [0.2, 0.25) is 0 Å². The summed E-state index contributed by atoms with van der Waals surface area (Å²) in [4.78, 5) is 27.9. The lowest BCUT2D eigenvalue weighted by Gasteiger charge is -2.43. The van der Waals surface area contributed by atoms with E-state index < -0.39 is 6.04 Å². The van der Waals surface area contributed by atoms with Gasteiger partial charge in [0, 0.05) is 12.1 Å². The maximum atomic E-state index is 13.4. The molecule has 2 N–H and O–H groups in total. The molecule has 0 radical (unpaired) electrons. The van der Waals surface area contributed by atoms with Crippen LogP contribution in [0.1, 0.15) is 27.5 Å². The number of benzene rings is 3. The number of hydrogen-bond acceptors (Lipinski definition) is 3. The van der Waals surface area contributed by atoms with Crippen molar-refractivity contribution in [2.45, 2.75) is 12.1 Å². The molecule has 3 aromatic rings. The number of rotatable bonds is 4. The van der Waals surface area contributed by atoms with Crippen molar-refractivity contribution in [1.29, 1.82) is 0 Å². The third kappa shape index (κ3) is 3.23. The van der Waals surface area contributed by atoms with Crippen molar-refractivity contribution in [2.24, 2.45) is 0 Å². The Kier molecular flexibility index (Phi) is 4.88.